The Bertz CT molecular complexity index is 42.0. The van der Waals surface area contributed by atoms with Crippen molar-refractivity contribution in [2.45, 2.75) is 66.7 Å². The van der Waals surface area contributed by atoms with E-state index in [1.807, 2.05) is 20.8 Å². The first kappa shape index (κ1) is 17.7. The Labute approximate surface area is 80.1 Å². The highest BCUT2D eigenvalue weighted by molar-refractivity contribution is 4.51. The van der Waals surface area contributed by atoms with Gasteiger partial charge in [-0.05, 0) is 6.92 Å². The zero-order valence-corrected chi connectivity index (χ0v) is 9.82. The molecule has 0 atom stereocenters. The van der Waals surface area contributed by atoms with Gasteiger partial charge in [-0.2, -0.15) is 0 Å². The topological polar surface area (TPSA) is 0 Å². The van der Waals surface area contributed by atoms with E-state index in [1.54, 1.807) is 6.08 Å². The first-order valence-corrected chi connectivity index (χ1v) is 5.40. The third-order valence-corrected chi connectivity index (χ3v) is 1.21. The van der Waals surface area contributed by atoms with Crippen molar-refractivity contribution in [3.63, 3.8) is 0 Å². The molecule has 0 aromatic carbocycles. The molecule has 76 valence electrons. The lowest BCUT2D eigenvalue weighted by molar-refractivity contribution is 0.656. The molecule has 0 aromatic rings. The van der Waals surface area contributed by atoms with Crippen molar-refractivity contribution in [3.8, 4) is 0 Å². The second-order valence-corrected chi connectivity index (χ2v) is 2.47. The second-order valence-electron chi connectivity index (χ2n) is 2.47. The summed E-state index contributed by atoms with van der Waals surface area (Å²) in [5.41, 5.74) is 0. The average molecular weight is 172 g/mol. The molecule has 0 aliphatic carbocycles. The highest BCUT2D eigenvalue weighted by Crippen LogP contribution is 2.00. The van der Waals surface area contributed by atoms with Gasteiger partial charge in [0.25, 0.3) is 0 Å². The quantitative estimate of drug-likeness (QED) is 0.404. The molecule has 0 amide bonds. The molecule has 0 aromatic heterocycles. The summed E-state index contributed by atoms with van der Waals surface area (Å²) in [5.74, 6) is 0. The molecule has 0 fully saturated rings. The van der Waals surface area contributed by atoms with Crippen LogP contribution in [0.25, 0.3) is 0 Å². The normalized spacial score (nSPS) is 7.08. The van der Waals surface area contributed by atoms with E-state index in [2.05, 4.69) is 20.4 Å². The Morgan fingerprint density at radius 2 is 1.17 bits per heavy atom. The maximum Gasteiger partial charge on any atom is -0.0473 e. The molecular formula is C12H28. The van der Waals surface area contributed by atoms with Crippen molar-refractivity contribution in [2.24, 2.45) is 0 Å². The Balaban J connectivity index is -0.000000137. The molecule has 0 N–H and O–H groups in total. The standard InChI is InChI=1S/C7H16.C3H6.C2H6/c1-3-5-7-6-4-2;1-3-2;1-2/h3-7H2,1-2H3;3H,1H2,2H3;1-2H3. The smallest absolute Gasteiger partial charge is 0.0473 e. The minimum absolute atomic E-state index is 1.36. The van der Waals surface area contributed by atoms with Crippen molar-refractivity contribution in [1.29, 1.82) is 0 Å². The van der Waals surface area contributed by atoms with Crippen LogP contribution in [0, 0.1) is 0 Å². The lowest BCUT2D eigenvalue weighted by Crippen LogP contribution is -1.70. The lowest BCUT2D eigenvalue weighted by atomic mass is 10.2. The van der Waals surface area contributed by atoms with Gasteiger partial charge in [0.05, 0.1) is 0 Å². The van der Waals surface area contributed by atoms with Crippen molar-refractivity contribution in [2.75, 3.05) is 0 Å². The monoisotopic (exact) mass is 172 g/mol. The Morgan fingerprint density at radius 3 is 1.33 bits per heavy atom. The largest absolute Gasteiger partial charge is 0.103 e. The predicted octanol–water partition coefficient (Wildman–Crippen LogP) is 5.20. The summed E-state index contributed by atoms with van der Waals surface area (Å²) >= 11 is 0. The maximum absolute atomic E-state index is 3.36. The van der Waals surface area contributed by atoms with Gasteiger partial charge in [0.1, 0.15) is 0 Å². The van der Waals surface area contributed by atoms with Gasteiger partial charge in [-0.15, -0.1) is 6.58 Å². The van der Waals surface area contributed by atoms with Gasteiger partial charge < -0.3 is 0 Å². The molecule has 0 unspecified atom stereocenters. The molecule has 12 heavy (non-hydrogen) atoms. The third-order valence-electron chi connectivity index (χ3n) is 1.21. The zero-order valence-electron chi connectivity index (χ0n) is 9.82. The van der Waals surface area contributed by atoms with Gasteiger partial charge in [0.15, 0.2) is 0 Å². The molecule has 0 spiro atoms. The van der Waals surface area contributed by atoms with E-state index in [-0.39, 0.29) is 0 Å². The molecule has 0 rings (SSSR count). The predicted molar refractivity (Wildman–Crippen MR) is 61.7 cm³/mol. The van der Waals surface area contributed by atoms with E-state index in [1.165, 1.54) is 32.1 Å². The summed E-state index contributed by atoms with van der Waals surface area (Å²) in [7, 11) is 0. The van der Waals surface area contributed by atoms with Gasteiger partial charge in [-0.1, -0.05) is 65.9 Å². The first-order valence-electron chi connectivity index (χ1n) is 5.40. The average Bonchev–Trinajstić information content (AvgIpc) is 2.11. The van der Waals surface area contributed by atoms with Crippen LogP contribution in [-0.2, 0) is 0 Å². The fourth-order valence-electron chi connectivity index (χ4n) is 0.677. The molecular weight excluding hydrogens is 144 g/mol. The highest BCUT2D eigenvalue weighted by Gasteiger charge is 1.80. The van der Waals surface area contributed by atoms with Crippen LogP contribution < -0.4 is 0 Å². The summed E-state index contributed by atoms with van der Waals surface area (Å²) in [6, 6.07) is 0. The van der Waals surface area contributed by atoms with Crippen LogP contribution in [-0.4, -0.2) is 0 Å². The van der Waals surface area contributed by atoms with Gasteiger partial charge >= 0.3 is 0 Å². The summed E-state index contributed by atoms with van der Waals surface area (Å²) < 4.78 is 0. The minimum atomic E-state index is 1.36. The van der Waals surface area contributed by atoms with E-state index in [4.69, 9.17) is 0 Å². The van der Waals surface area contributed by atoms with E-state index in [0.29, 0.717) is 0 Å². The molecule has 0 bridgehead atoms. The molecule has 0 aliphatic heterocycles. The van der Waals surface area contributed by atoms with Crippen LogP contribution in [0.4, 0.5) is 0 Å². The van der Waals surface area contributed by atoms with Crippen LogP contribution in [0.2, 0.25) is 0 Å². The lowest BCUT2D eigenvalue weighted by Gasteiger charge is -1.90. The fraction of sp³-hybridized carbons (Fsp3) is 0.833. The summed E-state index contributed by atoms with van der Waals surface area (Å²) in [6.45, 7) is 13.7. The van der Waals surface area contributed by atoms with Gasteiger partial charge in [0, 0.05) is 0 Å². The van der Waals surface area contributed by atoms with Crippen LogP contribution in [0.15, 0.2) is 12.7 Å². The highest BCUT2D eigenvalue weighted by atomic mass is 13.9. The number of unbranched alkanes of at least 4 members (excludes halogenated alkanes) is 4. The molecule has 0 heteroatoms. The molecule has 0 radical (unpaired) electrons. The summed E-state index contributed by atoms with van der Waals surface area (Å²) in [6.07, 6.45) is 8.76. The molecule has 0 saturated carbocycles. The van der Waals surface area contributed by atoms with E-state index >= 15 is 0 Å². The van der Waals surface area contributed by atoms with Crippen LogP contribution in [0.3, 0.4) is 0 Å². The first-order chi connectivity index (χ1) is 5.83. The van der Waals surface area contributed by atoms with Crippen LogP contribution >= 0.6 is 0 Å². The van der Waals surface area contributed by atoms with Crippen molar-refractivity contribution in [1.82, 2.24) is 0 Å². The van der Waals surface area contributed by atoms with E-state index in [9.17, 15) is 0 Å². The minimum Gasteiger partial charge on any atom is -0.103 e. The van der Waals surface area contributed by atoms with Gasteiger partial charge in [-0.3, -0.25) is 0 Å². The molecule has 0 saturated heterocycles. The Morgan fingerprint density at radius 1 is 0.917 bits per heavy atom. The molecule has 0 nitrogen and oxygen atoms in total. The molecule has 0 aliphatic rings. The van der Waals surface area contributed by atoms with Crippen molar-refractivity contribution in [3.05, 3.63) is 12.7 Å². The van der Waals surface area contributed by atoms with Gasteiger partial charge in [0.2, 0.25) is 0 Å². The third kappa shape index (κ3) is 53.2. The summed E-state index contributed by atoms with van der Waals surface area (Å²) in [4.78, 5) is 0. The number of hydrogen-bond acceptors (Lipinski definition) is 0. The van der Waals surface area contributed by atoms with Crippen molar-refractivity contribution >= 4 is 0 Å². The number of allylic oxidation sites excluding steroid dienone is 1. The number of rotatable bonds is 4. The molecule has 0 heterocycles. The zero-order chi connectivity index (χ0) is 10.2. The second kappa shape index (κ2) is 30.9. The Kier molecular flexibility index (Phi) is 45.7. The SMILES string of the molecule is C=CC.CC.CCCCCCC. The van der Waals surface area contributed by atoms with Gasteiger partial charge in [-0.25, -0.2) is 0 Å². The summed E-state index contributed by atoms with van der Waals surface area (Å²) in [5, 5.41) is 0. The van der Waals surface area contributed by atoms with E-state index < -0.39 is 0 Å². The maximum atomic E-state index is 3.36. The number of hydrogen-bond donors (Lipinski definition) is 0. The van der Waals surface area contributed by atoms with Crippen LogP contribution in [0.1, 0.15) is 66.7 Å². The Hall–Kier alpha value is -0.260. The van der Waals surface area contributed by atoms with E-state index in [0.717, 1.165) is 0 Å². The van der Waals surface area contributed by atoms with Crippen molar-refractivity contribution < 1.29 is 0 Å². The fourth-order valence-corrected chi connectivity index (χ4v) is 0.677. The van der Waals surface area contributed by atoms with Crippen LogP contribution in [0.5, 0.6) is 0 Å².